The van der Waals surface area contributed by atoms with E-state index in [2.05, 4.69) is 11.4 Å². The fraction of sp³-hybridized carbons (Fsp3) is 0.280. The van der Waals surface area contributed by atoms with Gasteiger partial charge in [0.15, 0.2) is 0 Å². The van der Waals surface area contributed by atoms with Crippen molar-refractivity contribution in [1.29, 1.82) is 0 Å². The number of rotatable bonds is 6. The van der Waals surface area contributed by atoms with Gasteiger partial charge in [-0.15, -0.1) is 11.3 Å². The van der Waals surface area contributed by atoms with Crippen molar-refractivity contribution in [2.45, 2.75) is 40.7 Å². The molecule has 0 bridgehead atoms. The first kappa shape index (κ1) is 22.6. The van der Waals surface area contributed by atoms with Crippen LogP contribution in [0.5, 0.6) is 5.75 Å². The number of methoxy groups -OCH3 is 1. The Kier molecular flexibility index (Phi) is 6.81. The first-order valence-electron chi connectivity index (χ1n) is 10.1. The summed E-state index contributed by atoms with van der Waals surface area (Å²) in [5, 5.41) is 3.38. The van der Waals surface area contributed by atoms with Crippen molar-refractivity contribution >= 4 is 28.2 Å². The highest BCUT2D eigenvalue weighted by Crippen LogP contribution is 2.42. The van der Waals surface area contributed by atoms with Crippen molar-refractivity contribution in [2.75, 3.05) is 12.4 Å². The summed E-state index contributed by atoms with van der Waals surface area (Å²) in [6.45, 7) is 9.82. The van der Waals surface area contributed by atoms with Gasteiger partial charge in [0, 0.05) is 16.0 Å². The molecule has 1 heterocycles. The molecule has 0 aliphatic carbocycles. The quantitative estimate of drug-likeness (QED) is 0.469. The monoisotopic (exact) mass is 437 g/mol. The second-order valence-electron chi connectivity index (χ2n) is 7.70. The van der Waals surface area contributed by atoms with Crippen LogP contribution in [0, 0.1) is 20.8 Å². The molecular weight excluding hydrogens is 410 g/mol. The predicted octanol–water partition coefficient (Wildman–Crippen LogP) is 6.17. The molecule has 0 aliphatic heterocycles. The van der Waals surface area contributed by atoms with Gasteiger partial charge >= 0.3 is 5.97 Å². The number of hydrogen-bond acceptors (Lipinski definition) is 5. The van der Waals surface area contributed by atoms with Crippen molar-refractivity contribution < 1.29 is 19.1 Å². The van der Waals surface area contributed by atoms with Gasteiger partial charge in [0.2, 0.25) is 0 Å². The Morgan fingerprint density at radius 3 is 2.45 bits per heavy atom. The van der Waals surface area contributed by atoms with Crippen molar-refractivity contribution in [1.82, 2.24) is 0 Å². The SMILES string of the molecule is COC(=O)c1c(NC(=O)c2cccc(OC(C)C)c2)sc(C)c1-c1cc(C)ccc1C. The summed E-state index contributed by atoms with van der Waals surface area (Å²) < 4.78 is 10.8. The Hall–Kier alpha value is -3.12. The second-order valence-corrected chi connectivity index (χ2v) is 8.92. The molecule has 5 nitrogen and oxygen atoms in total. The summed E-state index contributed by atoms with van der Waals surface area (Å²) in [6.07, 6.45) is 0.00399. The molecule has 1 N–H and O–H groups in total. The third-order valence-electron chi connectivity index (χ3n) is 4.83. The van der Waals surface area contributed by atoms with Gasteiger partial charge in [0.05, 0.1) is 13.2 Å². The largest absolute Gasteiger partial charge is 0.491 e. The highest BCUT2D eigenvalue weighted by molar-refractivity contribution is 7.17. The minimum Gasteiger partial charge on any atom is -0.491 e. The van der Waals surface area contributed by atoms with Crippen LogP contribution in [0.4, 0.5) is 5.00 Å². The summed E-state index contributed by atoms with van der Waals surface area (Å²) in [6, 6.07) is 13.1. The molecule has 0 unspecified atom stereocenters. The van der Waals surface area contributed by atoms with E-state index in [-0.39, 0.29) is 12.0 Å². The molecule has 1 amide bonds. The van der Waals surface area contributed by atoms with Crippen LogP contribution in [-0.2, 0) is 4.74 Å². The minimum atomic E-state index is -0.479. The van der Waals surface area contributed by atoms with Gasteiger partial charge in [0.25, 0.3) is 5.91 Å². The summed E-state index contributed by atoms with van der Waals surface area (Å²) >= 11 is 1.37. The van der Waals surface area contributed by atoms with E-state index in [0.29, 0.717) is 21.9 Å². The lowest BCUT2D eigenvalue weighted by molar-refractivity contribution is 0.0603. The molecule has 3 aromatic rings. The summed E-state index contributed by atoms with van der Waals surface area (Å²) in [5.41, 5.74) is 4.73. The molecule has 0 radical (unpaired) electrons. The number of hydrogen-bond donors (Lipinski definition) is 1. The third kappa shape index (κ3) is 4.97. The van der Waals surface area contributed by atoms with Crippen LogP contribution in [-0.4, -0.2) is 25.1 Å². The number of esters is 1. The average molecular weight is 438 g/mol. The maximum Gasteiger partial charge on any atom is 0.341 e. The summed E-state index contributed by atoms with van der Waals surface area (Å²) in [4.78, 5) is 26.7. The van der Waals surface area contributed by atoms with Gasteiger partial charge in [-0.3, -0.25) is 4.79 Å². The number of nitrogens with one attached hydrogen (secondary N) is 1. The van der Waals surface area contributed by atoms with E-state index in [1.54, 1.807) is 18.2 Å². The number of anilines is 1. The molecule has 0 atom stereocenters. The third-order valence-corrected chi connectivity index (χ3v) is 5.85. The van der Waals surface area contributed by atoms with Crippen LogP contribution in [0.3, 0.4) is 0 Å². The summed E-state index contributed by atoms with van der Waals surface area (Å²) in [7, 11) is 1.35. The number of ether oxygens (including phenoxy) is 2. The van der Waals surface area contributed by atoms with Crippen molar-refractivity contribution in [2.24, 2.45) is 0 Å². The normalized spacial score (nSPS) is 10.8. The molecule has 0 saturated heterocycles. The molecule has 31 heavy (non-hydrogen) atoms. The Morgan fingerprint density at radius 2 is 1.77 bits per heavy atom. The topological polar surface area (TPSA) is 64.6 Å². The van der Waals surface area contributed by atoms with E-state index in [1.807, 2.05) is 52.8 Å². The molecule has 0 fully saturated rings. The minimum absolute atomic E-state index is 0.00399. The van der Waals surface area contributed by atoms with Crippen LogP contribution in [0.15, 0.2) is 42.5 Å². The molecule has 2 aromatic carbocycles. The maximum atomic E-state index is 13.0. The number of carbonyl (C=O) groups excluding carboxylic acids is 2. The molecule has 0 aliphatic rings. The van der Waals surface area contributed by atoms with E-state index in [9.17, 15) is 9.59 Å². The molecule has 6 heteroatoms. The highest BCUT2D eigenvalue weighted by Gasteiger charge is 2.26. The zero-order chi connectivity index (χ0) is 22.7. The molecule has 0 saturated carbocycles. The van der Waals surface area contributed by atoms with Gasteiger partial charge < -0.3 is 14.8 Å². The van der Waals surface area contributed by atoms with Gasteiger partial charge in [-0.25, -0.2) is 4.79 Å². The molecule has 1 aromatic heterocycles. The molecule has 0 spiro atoms. The van der Waals surface area contributed by atoms with E-state index in [1.165, 1.54) is 18.4 Å². The lowest BCUT2D eigenvalue weighted by atomic mass is 9.95. The van der Waals surface area contributed by atoms with Gasteiger partial charge in [-0.05, 0) is 63.9 Å². The first-order chi connectivity index (χ1) is 14.7. The Bertz CT molecular complexity index is 1130. The number of amides is 1. The molecule has 162 valence electrons. The number of aryl methyl sites for hydroxylation is 3. The van der Waals surface area contributed by atoms with Crippen LogP contribution < -0.4 is 10.1 Å². The predicted molar refractivity (Wildman–Crippen MR) is 125 cm³/mol. The van der Waals surface area contributed by atoms with Crippen molar-refractivity contribution in [3.05, 3.63) is 69.6 Å². The Balaban J connectivity index is 2.03. The maximum absolute atomic E-state index is 13.0. The van der Waals surface area contributed by atoms with E-state index in [4.69, 9.17) is 9.47 Å². The van der Waals surface area contributed by atoms with E-state index in [0.717, 1.165) is 27.1 Å². The van der Waals surface area contributed by atoms with Crippen LogP contribution in [0.25, 0.3) is 11.1 Å². The lowest BCUT2D eigenvalue weighted by Crippen LogP contribution is -2.15. The van der Waals surface area contributed by atoms with Crippen LogP contribution in [0.2, 0.25) is 0 Å². The molecular formula is C25H27NO4S. The average Bonchev–Trinajstić information content (AvgIpc) is 3.04. The zero-order valence-electron chi connectivity index (χ0n) is 18.7. The Labute approximate surface area is 187 Å². The zero-order valence-corrected chi connectivity index (χ0v) is 19.5. The smallest absolute Gasteiger partial charge is 0.341 e. The lowest BCUT2D eigenvalue weighted by Gasteiger charge is -2.12. The number of benzene rings is 2. The number of carbonyl (C=O) groups is 2. The van der Waals surface area contributed by atoms with Crippen molar-refractivity contribution in [3.63, 3.8) is 0 Å². The van der Waals surface area contributed by atoms with Crippen LogP contribution in [0.1, 0.15) is 50.6 Å². The van der Waals surface area contributed by atoms with Gasteiger partial charge in [-0.2, -0.15) is 0 Å². The molecule has 3 rings (SSSR count). The van der Waals surface area contributed by atoms with E-state index >= 15 is 0 Å². The second kappa shape index (κ2) is 9.35. The standard InChI is InChI=1S/C25H27NO4S/c1-14(2)30-19-9-7-8-18(13-19)23(27)26-24-22(25(28)29-6)21(17(5)31-24)20-12-15(3)10-11-16(20)4/h7-14H,1-6H3,(H,26,27). The van der Waals surface area contributed by atoms with Gasteiger partial charge in [0.1, 0.15) is 16.3 Å². The fourth-order valence-electron chi connectivity index (χ4n) is 3.42. The van der Waals surface area contributed by atoms with E-state index < -0.39 is 5.97 Å². The summed E-state index contributed by atoms with van der Waals surface area (Å²) in [5.74, 6) is -0.171. The van der Waals surface area contributed by atoms with Crippen LogP contribution >= 0.6 is 11.3 Å². The van der Waals surface area contributed by atoms with Crippen molar-refractivity contribution in [3.8, 4) is 16.9 Å². The number of thiophene rings is 1. The first-order valence-corrected chi connectivity index (χ1v) is 10.9. The highest BCUT2D eigenvalue weighted by atomic mass is 32.1. The fourth-order valence-corrected chi connectivity index (χ4v) is 4.47. The Morgan fingerprint density at radius 1 is 1.03 bits per heavy atom. The van der Waals surface area contributed by atoms with Gasteiger partial charge in [-0.1, -0.05) is 29.8 Å².